The van der Waals surface area contributed by atoms with Crippen LogP contribution in [0.3, 0.4) is 0 Å². The van der Waals surface area contributed by atoms with Gasteiger partial charge in [0, 0.05) is 29.1 Å². The highest BCUT2D eigenvalue weighted by Crippen LogP contribution is 2.79. The van der Waals surface area contributed by atoms with Crippen molar-refractivity contribution in [2.75, 3.05) is 0 Å². The topological polar surface area (TPSA) is 0 Å². The smallest absolute Gasteiger partial charge is 0.0352 e. The van der Waals surface area contributed by atoms with E-state index in [2.05, 4.69) is 121 Å². The molecule has 45 heavy (non-hydrogen) atoms. The Balaban J connectivity index is 1.07. The van der Waals surface area contributed by atoms with E-state index >= 15 is 0 Å². The van der Waals surface area contributed by atoms with Gasteiger partial charge in [0.15, 0.2) is 0 Å². The SMILES string of the molecule is c1ccc2c(c1)C1c3ccccc3C2c2c1ccc1c2C2CCC3c4ccc5c(c4C132)C1c2ccccc2C5c2ccccc21. The van der Waals surface area contributed by atoms with Crippen LogP contribution in [0.4, 0.5) is 0 Å². The van der Waals surface area contributed by atoms with Crippen LogP contribution in [0.15, 0.2) is 121 Å². The number of benzene rings is 6. The molecule has 9 aliphatic rings. The number of rotatable bonds is 0. The van der Waals surface area contributed by atoms with Crippen LogP contribution in [0.25, 0.3) is 0 Å². The molecule has 0 aliphatic heterocycles. The van der Waals surface area contributed by atoms with E-state index in [1.165, 1.54) is 35.1 Å². The lowest BCUT2D eigenvalue weighted by Crippen LogP contribution is -2.54. The lowest BCUT2D eigenvalue weighted by molar-refractivity contribution is 0.307. The monoisotopic (exact) mass is 570 g/mol. The van der Waals surface area contributed by atoms with Gasteiger partial charge in [0.1, 0.15) is 0 Å². The zero-order valence-electron chi connectivity index (χ0n) is 24.9. The maximum atomic E-state index is 2.61. The van der Waals surface area contributed by atoms with Crippen LogP contribution >= 0.6 is 0 Å². The summed E-state index contributed by atoms with van der Waals surface area (Å²) in [4.78, 5) is 0. The highest BCUT2D eigenvalue weighted by molar-refractivity contribution is 5.82. The van der Waals surface area contributed by atoms with Crippen molar-refractivity contribution in [3.63, 3.8) is 0 Å². The van der Waals surface area contributed by atoms with E-state index in [1.807, 2.05) is 0 Å². The van der Waals surface area contributed by atoms with Crippen molar-refractivity contribution < 1.29 is 0 Å². The van der Waals surface area contributed by atoms with Gasteiger partial charge in [-0.15, -0.1) is 0 Å². The normalized spacial score (nSPS) is 29.7. The molecule has 0 aromatic heterocycles. The molecular formula is C45H30. The summed E-state index contributed by atoms with van der Waals surface area (Å²) in [6.45, 7) is 0. The molecule has 3 atom stereocenters. The Bertz CT molecular complexity index is 2290. The van der Waals surface area contributed by atoms with Gasteiger partial charge in [-0.25, -0.2) is 0 Å². The van der Waals surface area contributed by atoms with Crippen molar-refractivity contribution in [3.8, 4) is 0 Å². The van der Waals surface area contributed by atoms with Crippen LogP contribution < -0.4 is 0 Å². The Hall–Kier alpha value is -4.68. The van der Waals surface area contributed by atoms with Gasteiger partial charge in [-0.1, -0.05) is 121 Å². The summed E-state index contributed by atoms with van der Waals surface area (Å²) in [5.41, 5.74) is 25.9. The predicted octanol–water partition coefficient (Wildman–Crippen LogP) is 9.94. The van der Waals surface area contributed by atoms with E-state index in [-0.39, 0.29) is 5.41 Å². The van der Waals surface area contributed by atoms with Gasteiger partial charge in [-0.3, -0.25) is 0 Å². The average Bonchev–Trinajstić information content (AvgIpc) is 3.37. The minimum atomic E-state index is 0.197. The fraction of sp³-hybridized carbons (Fsp3) is 0.200. The van der Waals surface area contributed by atoms with Crippen molar-refractivity contribution in [1.29, 1.82) is 0 Å². The van der Waals surface area contributed by atoms with Crippen LogP contribution in [0.2, 0.25) is 0 Å². The third kappa shape index (κ3) is 2.18. The van der Waals surface area contributed by atoms with Gasteiger partial charge in [0.2, 0.25) is 0 Å². The van der Waals surface area contributed by atoms with Crippen molar-refractivity contribution in [1.82, 2.24) is 0 Å². The first-order valence-corrected chi connectivity index (χ1v) is 17.1. The molecular weight excluding hydrogens is 540 g/mol. The van der Waals surface area contributed by atoms with Crippen molar-refractivity contribution in [2.24, 2.45) is 0 Å². The van der Waals surface area contributed by atoms with Crippen LogP contribution in [-0.2, 0) is 5.41 Å². The molecule has 1 saturated carbocycles. The molecule has 6 aromatic rings. The fourth-order valence-corrected chi connectivity index (χ4v) is 12.5. The fourth-order valence-electron chi connectivity index (χ4n) is 12.5. The Morgan fingerprint density at radius 3 is 1.27 bits per heavy atom. The molecule has 0 amide bonds. The first-order chi connectivity index (χ1) is 22.4. The molecule has 9 aliphatic carbocycles. The lowest BCUT2D eigenvalue weighted by Gasteiger charge is -2.62. The van der Waals surface area contributed by atoms with Crippen LogP contribution in [-0.4, -0.2) is 0 Å². The quantitative estimate of drug-likeness (QED) is 0.170. The van der Waals surface area contributed by atoms with Crippen LogP contribution in [0.1, 0.15) is 137 Å². The van der Waals surface area contributed by atoms with E-state index in [9.17, 15) is 0 Å². The van der Waals surface area contributed by atoms with Gasteiger partial charge < -0.3 is 0 Å². The minimum Gasteiger partial charge on any atom is -0.0619 e. The number of fused-ring (bicyclic) bond motifs is 4. The first-order valence-electron chi connectivity index (χ1n) is 17.1. The third-order valence-electron chi connectivity index (χ3n) is 13.7. The standard InChI is InChI=1S/C45H30/c1-5-13-27-23(9-1)37-24-10-2-6-14-28(24)39(27)41-32(37)19-20-35-43(41)36-22-21-34-31-17-18-33-38-25-11-3-7-15-29(25)40(30-16-8-4-12-26(30)38)42(33)44(31)45(34,35)36/h1-20,34,36-40H,21-22H2. The second-order valence-electron chi connectivity index (χ2n) is 14.9. The van der Waals surface area contributed by atoms with E-state index in [0.717, 1.165) is 0 Å². The number of hydrogen-bond donors (Lipinski definition) is 0. The van der Waals surface area contributed by atoms with Gasteiger partial charge in [-0.05, 0) is 114 Å². The molecule has 1 spiro atoms. The molecule has 0 nitrogen and oxygen atoms in total. The van der Waals surface area contributed by atoms with Gasteiger partial charge in [0.25, 0.3) is 0 Å². The van der Waals surface area contributed by atoms with E-state index in [0.29, 0.717) is 35.5 Å². The minimum absolute atomic E-state index is 0.197. The second-order valence-corrected chi connectivity index (χ2v) is 14.9. The average molecular weight is 571 g/mol. The molecule has 15 rings (SSSR count). The van der Waals surface area contributed by atoms with Crippen molar-refractivity contribution in [3.05, 3.63) is 210 Å². The molecule has 1 fully saturated rings. The summed E-state index contributed by atoms with van der Waals surface area (Å²) in [6.07, 6.45) is 2.64. The Kier molecular flexibility index (Phi) is 3.66. The summed E-state index contributed by atoms with van der Waals surface area (Å²) in [7, 11) is 0. The Morgan fingerprint density at radius 2 is 0.733 bits per heavy atom. The molecule has 0 N–H and O–H groups in total. The largest absolute Gasteiger partial charge is 0.0619 e. The zero-order valence-corrected chi connectivity index (χ0v) is 24.9. The third-order valence-corrected chi connectivity index (χ3v) is 13.7. The molecule has 0 heteroatoms. The summed E-state index contributed by atoms with van der Waals surface area (Å²) >= 11 is 0. The summed E-state index contributed by atoms with van der Waals surface area (Å²) < 4.78 is 0. The summed E-state index contributed by atoms with van der Waals surface area (Å²) in [5, 5.41) is 0. The summed E-state index contributed by atoms with van der Waals surface area (Å²) in [5.74, 6) is 2.73. The molecule has 0 saturated heterocycles. The van der Waals surface area contributed by atoms with Gasteiger partial charge in [0.05, 0.1) is 0 Å². The molecule has 4 bridgehead atoms. The van der Waals surface area contributed by atoms with Crippen molar-refractivity contribution >= 4 is 0 Å². The summed E-state index contributed by atoms with van der Waals surface area (Å²) in [6, 6.07) is 47.7. The predicted molar refractivity (Wildman–Crippen MR) is 178 cm³/mol. The molecule has 0 radical (unpaired) electrons. The Morgan fingerprint density at radius 1 is 0.333 bits per heavy atom. The zero-order chi connectivity index (χ0) is 28.8. The highest BCUT2D eigenvalue weighted by Gasteiger charge is 2.70. The first kappa shape index (κ1) is 22.8. The van der Waals surface area contributed by atoms with Crippen LogP contribution in [0.5, 0.6) is 0 Å². The highest BCUT2D eigenvalue weighted by atomic mass is 14.7. The number of hydrogen-bond acceptors (Lipinski definition) is 0. The van der Waals surface area contributed by atoms with E-state index in [1.54, 1.807) is 66.8 Å². The van der Waals surface area contributed by atoms with E-state index in [4.69, 9.17) is 0 Å². The van der Waals surface area contributed by atoms with Crippen LogP contribution in [0, 0.1) is 0 Å². The van der Waals surface area contributed by atoms with Gasteiger partial charge in [-0.2, -0.15) is 0 Å². The molecule has 210 valence electrons. The van der Waals surface area contributed by atoms with Gasteiger partial charge >= 0.3 is 0 Å². The Labute approximate surface area is 263 Å². The van der Waals surface area contributed by atoms with Crippen molar-refractivity contribution in [2.45, 2.75) is 53.8 Å². The molecule has 0 heterocycles. The maximum Gasteiger partial charge on any atom is 0.0352 e. The van der Waals surface area contributed by atoms with E-state index < -0.39 is 0 Å². The molecule has 6 aromatic carbocycles. The lowest BCUT2D eigenvalue weighted by atomic mass is 9.40. The maximum absolute atomic E-state index is 2.61. The second kappa shape index (κ2) is 7.24. The molecule has 3 unspecified atom stereocenters.